The third-order valence-corrected chi connectivity index (χ3v) is 5.46. The molecule has 0 nitrogen and oxygen atoms in total. The van der Waals surface area contributed by atoms with E-state index >= 15 is 0 Å². The molecule has 3 aliphatic rings. The van der Waals surface area contributed by atoms with Crippen LogP contribution >= 0.6 is 0 Å². The Morgan fingerprint density at radius 3 is 2.19 bits per heavy atom. The fraction of sp³-hybridized carbons (Fsp3) is 0.167. The summed E-state index contributed by atoms with van der Waals surface area (Å²) < 4.78 is 0. The molecule has 0 aromatic heterocycles. The van der Waals surface area contributed by atoms with Gasteiger partial charge in [-0.05, 0) is 22.3 Å². The molecule has 26 heavy (non-hydrogen) atoms. The summed E-state index contributed by atoms with van der Waals surface area (Å²) >= 11 is 0. The van der Waals surface area contributed by atoms with Gasteiger partial charge < -0.3 is 0 Å². The van der Waals surface area contributed by atoms with Gasteiger partial charge in [-0.2, -0.15) is 0 Å². The average molecular weight is 332 g/mol. The van der Waals surface area contributed by atoms with Crippen LogP contribution in [-0.2, 0) is 0 Å². The van der Waals surface area contributed by atoms with Crippen molar-refractivity contribution in [2.45, 2.75) is 13.8 Å². The number of benzene rings is 2. The highest BCUT2D eigenvalue weighted by Crippen LogP contribution is 2.37. The van der Waals surface area contributed by atoms with Crippen LogP contribution in [0, 0.1) is 11.8 Å². The van der Waals surface area contributed by atoms with Gasteiger partial charge in [0.05, 0.1) is 0 Å². The molecule has 0 saturated carbocycles. The lowest BCUT2D eigenvalue weighted by Gasteiger charge is -2.22. The van der Waals surface area contributed by atoms with Gasteiger partial charge in [-0.1, -0.05) is 96.4 Å². The first-order valence-electron chi connectivity index (χ1n) is 9.45. The van der Waals surface area contributed by atoms with Gasteiger partial charge in [0.1, 0.15) is 0 Å². The average Bonchev–Trinajstić information content (AvgIpc) is 3.26. The summed E-state index contributed by atoms with van der Waals surface area (Å²) in [6.45, 7) is 12.0. The molecule has 0 fully saturated rings. The van der Waals surface area contributed by atoms with E-state index in [9.17, 15) is 0 Å². The molecule has 0 saturated heterocycles. The van der Waals surface area contributed by atoms with Crippen LogP contribution in [0.5, 0.6) is 0 Å². The number of fused-ring (bicyclic) bond motifs is 7. The van der Waals surface area contributed by atoms with Crippen molar-refractivity contribution in [1.82, 2.24) is 0 Å². The molecule has 0 amide bonds. The van der Waals surface area contributed by atoms with Crippen LogP contribution in [0.25, 0.3) is 16.7 Å². The van der Waals surface area contributed by atoms with Gasteiger partial charge in [0.25, 0.3) is 0 Å². The molecule has 5 rings (SSSR count). The second kappa shape index (κ2) is 6.68. The Hall–Kier alpha value is -2.47. The van der Waals surface area contributed by atoms with Gasteiger partial charge in [0, 0.05) is 11.8 Å². The van der Waals surface area contributed by atoms with Crippen molar-refractivity contribution >= 4 is 36.5 Å². The molecule has 2 radical (unpaired) electrons. The maximum atomic E-state index is 4.00. The monoisotopic (exact) mass is 332 g/mol. The molecule has 0 spiro atoms. The Balaban J connectivity index is 0.000000814. The predicted octanol–water partition coefficient (Wildman–Crippen LogP) is 3.58. The summed E-state index contributed by atoms with van der Waals surface area (Å²) in [4.78, 5) is 0. The number of hydrogen-bond acceptors (Lipinski definition) is 0. The van der Waals surface area contributed by atoms with Crippen LogP contribution in [0.4, 0.5) is 0 Å². The lowest BCUT2D eigenvalue weighted by molar-refractivity contribution is 0.672. The van der Waals surface area contributed by atoms with E-state index in [-0.39, 0.29) is 0 Å². The molecule has 1 aliphatic carbocycles. The summed E-state index contributed by atoms with van der Waals surface area (Å²) in [5, 5.41) is 0. The summed E-state index contributed by atoms with van der Waals surface area (Å²) in [5.74, 6) is 0.663. The van der Waals surface area contributed by atoms with Gasteiger partial charge in [0.2, 0.25) is 0 Å². The third-order valence-electron chi connectivity index (χ3n) is 5.46. The van der Waals surface area contributed by atoms with E-state index in [0.717, 1.165) is 0 Å². The zero-order chi connectivity index (χ0) is 18.3. The molecule has 124 valence electrons. The van der Waals surface area contributed by atoms with E-state index in [4.69, 9.17) is 0 Å². The molecule has 2 aromatic rings. The Morgan fingerprint density at radius 2 is 1.42 bits per heavy atom. The first-order valence-corrected chi connectivity index (χ1v) is 9.45. The molecule has 0 N–H and O–H groups in total. The normalized spacial score (nSPS) is 20.5. The van der Waals surface area contributed by atoms with Crippen molar-refractivity contribution in [3.63, 3.8) is 0 Å². The van der Waals surface area contributed by atoms with Crippen LogP contribution in [0.15, 0.2) is 79.3 Å². The van der Waals surface area contributed by atoms with E-state index in [1.54, 1.807) is 0 Å². The second-order valence-electron chi connectivity index (χ2n) is 6.69. The summed E-state index contributed by atoms with van der Waals surface area (Å²) in [6.07, 6.45) is 8.74. The van der Waals surface area contributed by atoms with Gasteiger partial charge >= 0.3 is 0 Å². The van der Waals surface area contributed by atoms with Crippen LogP contribution in [0.3, 0.4) is 0 Å². The Bertz CT molecular complexity index is 962. The molecule has 2 unspecified atom stereocenters. The van der Waals surface area contributed by atoms with E-state index in [1.807, 2.05) is 26.0 Å². The zero-order valence-corrected chi connectivity index (χ0v) is 15.5. The molecule has 2 heterocycles. The maximum absolute atomic E-state index is 4.00. The van der Waals surface area contributed by atoms with Crippen LogP contribution in [-0.4, -0.2) is 14.6 Å². The van der Waals surface area contributed by atoms with Crippen molar-refractivity contribution in [2.24, 2.45) is 11.8 Å². The highest BCUT2D eigenvalue weighted by Gasteiger charge is 2.33. The zero-order valence-electron chi connectivity index (χ0n) is 15.5. The SMILES string of the molecule is C=CC1C=C2[B]c3c(ccc4c3[B]c3ccccc3-4)C2=CC1C=C.CC. The summed E-state index contributed by atoms with van der Waals surface area (Å²) in [6, 6.07) is 13.2. The fourth-order valence-electron chi connectivity index (χ4n) is 4.23. The minimum absolute atomic E-state index is 0.329. The Morgan fingerprint density at radius 1 is 0.769 bits per heavy atom. The molecule has 2 aromatic carbocycles. The molecule has 2 heteroatoms. The quantitative estimate of drug-likeness (QED) is 0.497. The standard InChI is InChI=1S/C22H16B2.C2H6/c1-3-13-11-18-17-10-9-16-15-7-5-6-8-19(15)23-21(16)22(17)24-20(18)12-14(13)4-2;1-2/h3-14H,1-2H2;1-2H3. The fourth-order valence-corrected chi connectivity index (χ4v) is 4.23. The second-order valence-corrected chi connectivity index (χ2v) is 6.69. The van der Waals surface area contributed by atoms with E-state index in [2.05, 4.69) is 76.3 Å². The molecule has 2 atom stereocenters. The van der Waals surface area contributed by atoms with Crippen molar-refractivity contribution in [2.75, 3.05) is 0 Å². The summed E-state index contributed by atoms with van der Waals surface area (Å²) in [5.41, 5.74) is 10.7. The molecular weight excluding hydrogens is 310 g/mol. The number of rotatable bonds is 2. The predicted molar refractivity (Wildman–Crippen MR) is 117 cm³/mol. The van der Waals surface area contributed by atoms with Crippen molar-refractivity contribution in [1.29, 1.82) is 0 Å². The Kier molecular flexibility index (Phi) is 4.36. The lowest BCUT2D eigenvalue weighted by Crippen LogP contribution is -2.37. The van der Waals surface area contributed by atoms with Crippen molar-refractivity contribution < 1.29 is 0 Å². The third kappa shape index (κ3) is 2.40. The van der Waals surface area contributed by atoms with Crippen LogP contribution in [0.1, 0.15) is 19.4 Å². The first kappa shape index (κ1) is 17.0. The Labute approximate surface area is 158 Å². The van der Waals surface area contributed by atoms with E-state index in [1.165, 1.54) is 44.1 Å². The molecular formula is C24H22B2. The van der Waals surface area contributed by atoms with Crippen molar-refractivity contribution in [3.8, 4) is 11.1 Å². The van der Waals surface area contributed by atoms with Gasteiger partial charge in [-0.15, -0.1) is 13.2 Å². The first-order chi connectivity index (χ1) is 12.8. The minimum atomic E-state index is 0.329. The van der Waals surface area contributed by atoms with Gasteiger partial charge in [-0.25, -0.2) is 0 Å². The molecule has 2 aliphatic heterocycles. The van der Waals surface area contributed by atoms with E-state index < -0.39 is 0 Å². The topological polar surface area (TPSA) is 0 Å². The maximum Gasteiger partial charge on any atom is 0.192 e. The summed E-state index contributed by atoms with van der Waals surface area (Å²) in [7, 11) is 4.67. The highest BCUT2D eigenvalue weighted by molar-refractivity contribution is 6.83. The smallest absolute Gasteiger partial charge is 0.102 e. The number of allylic oxidation sites excluding steroid dienone is 6. The highest BCUT2D eigenvalue weighted by atomic mass is 14.3. The van der Waals surface area contributed by atoms with E-state index in [0.29, 0.717) is 11.8 Å². The van der Waals surface area contributed by atoms with Gasteiger partial charge in [-0.3, -0.25) is 0 Å². The van der Waals surface area contributed by atoms with Crippen molar-refractivity contribution in [3.05, 3.63) is 84.9 Å². The van der Waals surface area contributed by atoms with Gasteiger partial charge in [0.15, 0.2) is 14.6 Å². The minimum Gasteiger partial charge on any atom is -0.102 e. The number of hydrogen-bond donors (Lipinski definition) is 0. The molecule has 0 bridgehead atoms. The lowest BCUT2D eigenvalue weighted by atomic mass is 9.56. The van der Waals surface area contributed by atoms with Crippen LogP contribution < -0.4 is 16.4 Å². The van der Waals surface area contributed by atoms with Crippen LogP contribution in [0.2, 0.25) is 0 Å². The largest absolute Gasteiger partial charge is 0.192 e.